The monoisotopic (exact) mass is 264 g/mol. The van der Waals surface area contributed by atoms with E-state index in [9.17, 15) is 9.59 Å². The van der Waals surface area contributed by atoms with Gasteiger partial charge in [-0.25, -0.2) is 4.79 Å². The highest BCUT2D eigenvalue weighted by Gasteiger charge is 2.32. The van der Waals surface area contributed by atoms with Gasteiger partial charge in [-0.15, -0.1) is 0 Å². The van der Waals surface area contributed by atoms with Gasteiger partial charge in [0.25, 0.3) is 0 Å². The van der Waals surface area contributed by atoms with Crippen molar-refractivity contribution in [3.8, 4) is 0 Å². The molecule has 0 radical (unpaired) electrons. The summed E-state index contributed by atoms with van der Waals surface area (Å²) in [7, 11) is 0. The van der Waals surface area contributed by atoms with Gasteiger partial charge in [-0.1, -0.05) is 19.1 Å². The molecule has 0 aliphatic rings. The molecular formula is C14H20N2O3. The van der Waals surface area contributed by atoms with Crippen LogP contribution in [-0.2, 0) is 16.0 Å². The Labute approximate surface area is 112 Å². The van der Waals surface area contributed by atoms with Gasteiger partial charge in [0.15, 0.2) is 0 Å². The molecule has 1 rings (SSSR count). The zero-order valence-electron chi connectivity index (χ0n) is 11.3. The van der Waals surface area contributed by atoms with Crippen LogP contribution in [-0.4, -0.2) is 22.5 Å². The molecule has 19 heavy (non-hydrogen) atoms. The lowest BCUT2D eigenvalue weighted by atomic mass is 9.98. The molecule has 0 aliphatic heterocycles. The smallest absolute Gasteiger partial charge is 0.329 e. The maximum Gasteiger partial charge on any atom is 0.329 e. The fraction of sp³-hybridized carbons (Fsp3) is 0.429. The van der Waals surface area contributed by atoms with E-state index >= 15 is 0 Å². The highest BCUT2D eigenvalue weighted by Crippen LogP contribution is 2.12. The van der Waals surface area contributed by atoms with Crippen LogP contribution in [0.25, 0.3) is 0 Å². The SMILES string of the molecule is CCC(C)(NC(=O)CCc1cccc(N)c1)C(=O)O. The van der Waals surface area contributed by atoms with Crippen LogP contribution in [0.15, 0.2) is 24.3 Å². The second-order valence-corrected chi connectivity index (χ2v) is 4.78. The van der Waals surface area contributed by atoms with E-state index in [4.69, 9.17) is 10.8 Å². The second kappa shape index (κ2) is 6.22. The zero-order valence-corrected chi connectivity index (χ0v) is 11.3. The summed E-state index contributed by atoms with van der Waals surface area (Å²) in [5.74, 6) is -1.29. The number of carboxylic acids is 1. The van der Waals surface area contributed by atoms with Crippen molar-refractivity contribution in [3.05, 3.63) is 29.8 Å². The second-order valence-electron chi connectivity index (χ2n) is 4.78. The summed E-state index contributed by atoms with van der Waals surface area (Å²) in [5.41, 5.74) is 6.06. The number of nitrogen functional groups attached to an aromatic ring is 1. The predicted molar refractivity (Wildman–Crippen MR) is 73.6 cm³/mol. The lowest BCUT2D eigenvalue weighted by Gasteiger charge is -2.24. The van der Waals surface area contributed by atoms with Crippen LogP contribution in [0, 0.1) is 0 Å². The largest absolute Gasteiger partial charge is 0.480 e. The minimum absolute atomic E-state index is 0.242. The van der Waals surface area contributed by atoms with E-state index in [-0.39, 0.29) is 12.3 Å². The number of hydrogen-bond acceptors (Lipinski definition) is 3. The van der Waals surface area contributed by atoms with Crippen LogP contribution in [0.4, 0.5) is 5.69 Å². The van der Waals surface area contributed by atoms with Crippen LogP contribution >= 0.6 is 0 Å². The highest BCUT2D eigenvalue weighted by molar-refractivity contribution is 5.86. The highest BCUT2D eigenvalue weighted by atomic mass is 16.4. The lowest BCUT2D eigenvalue weighted by molar-refractivity contribution is -0.147. The molecule has 0 saturated heterocycles. The molecule has 1 aromatic carbocycles. The van der Waals surface area contributed by atoms with Gasteiger partial charge in [-0.2, -0.15) is 0 Å². The Morgan fingerprint density at radius 2 is 2.11 bits per heavy atom. The summed E-state index contributed by atoms with van der Waals surface area (Å²) in [6.07, 6.45) is 1.12. The van der Waals surface area contributed by atoms with E-state index in [0.29, 0.717) is 18.5 Å². The van der Waals surface area contributed by atoms with Crippen molar-refractivity contribution >= 4 is 17.6 Å². The van der Waals surface area contributed by atoms with E-state index < -0.39 is 11.5 Å². The normalized spacial score (nSPS) is 13.6. The zero-order chi connectivity index (χ0) is 14.5. The molecule has 1 aromatic rings. The Bertz CT molecular complexity index is 474. The number of carbonyl (C=O) groups is 2. The van der Waals surface area contributed by atoms with Crippen molar-refractivity contribution in [1.29, 1.82) is 0 Å². The van der Waals surface area contributed by atoms with E-state index in [1.807, 2.05) is 18.2 Å². The number of aryl methyl sites for hydroxylation is 1. The summed E-state index contributed by atoms with van der Waals surface area (Å²) in [6.45, 7) is 3.24. The van der Waals surface area contributed by atoms with Crippen molar-refractivity contribution in [2.24, 2.45) is 0 Å². The minimum atomic E-state index is -1.20. The van der Waals surface area contributed by atoms with E-state index in [1.165, 1.54) is 6.92 Å². The average Bonchev–Trinajstić information content (AvgIpc) is 2.36. The van der Waals surface area contributed by atoms with E-state index in [2.05, 4.69) is 5.32 Å². The fourth-order valence-electron chi connectivity index (χ4n) is 1.67. The van der Waals surface area contributed by atoms with Crippen molar-refractivity contribution in [2.45, 2.75) is 38.6 Å². The molecule has 0 aliphatic carbocycles. The Morgan fingerprint density at radius 1 is 1.42 bits per heavy atom. The number of amides is 1. The van der Waals surface area contributed by atoms with Crippen molar-refractivity contribution in [2.75, 3.05) is 5.73 Å². The summed E-state index contributed by atoms with van der Waals surface area (Å²) in [6, 6.07) is 7.31. The molecule has 0 heterocycles. The first-order valence-electron chi connectivity index (χ1n) is 6.26. The number of aliphatic carboxylic acids is 1. The Hall–Kier alpha value is -2.04. The first-order valence-corrected chi connectivity index (χ1v) is 6.26. The molecule has 104 valence electrons. The van der Waals surface area contributed by atoms with E-state index in [1.54, 1.807) is 13.0 Å². The maximum absolute atomic E-state index is 11.8. The predicted octanol–water partition coefficient (Wildman–Crippen LogP) is 1.57. The molecule has 4 N–H and O–H groups in total. The Kier molecular flexibility index (Phi) is 4.92. The third-order valence-electron chi connectivity index (χ3n) is 3.19. The van der Waals surface area contributed by atoms with Gasteiger partial charge in [0, 0.05) is 12.1 Å². The van der Waals surface area contributed by atoms with Crippen LogP contribution < -0.4 is 11.1 Å². The molecule has 0 saturated carbocycles. The van der Waals surface area contributed by atoms with Crippen molar-refractivity contribution in [3.63, 3.8) is 0 Å². The van der Waals surface area contributed by atoms with Crippen molar-refractivity contribution in [1.82, 2.24) is 5.32 Å². The summed E-state index contributed by atoms with van der Waals surface area (Å²) in [5, 5.41) is 11.6. The lowest BCUT2D eigenvalue weighted by Crippen LogP contribution is -2.51. The topological polar surface area (TPSA) is 92.4 Å². The van der Waals surface area contributed by atoms with Crippen LogP contribution in [0.3, 0.4) is 0 Å². The van der Waals surface area contributed by atoms with Crippen LogP contribution in [0.5, 0.6) is 0 Å². The molecule has 1 unspecified atom stereocenters. The third-order valence-corrected chi connectivity index (χ3v) is 3.19. The average molecular weight is 264 g/mol. The maximum atomic E-state index is 11.8. The number of benzene rings is 1. The standard InChI is InChI=1S/C14H20N2O3/c1-3-14(2,13(18)19)16-12(17)8-7-10-5-4-6-11(15)9-10/h4-6,9H,3,7-8,15H2,1-2H3,(H,16,17)(H,18,19). The quantitative estimate of drug-likeness (QED) is 0.680. The number of carbonyl (C=O) groups excluding carboxylic acids is 1. The molecule has 1 atom stereocenters. The number of hydrogen-bond donors (Lipinski definition) is 3. The van der Waals surface area contributed by atoms with Gasteiger partial charge >= 0.3 is 5.97 Å². The molecule has 0 aromatic heterocycles. The number of rotatable bonds is 6. The van der Waals surface area contributed by atoms with Crippen LogP contribution in [0.2, 0.25) is 0 Å². The molecule has 0 bridgehead atoms. The summed E-state index contributed by atoms with van der Waals surface area (Å²) < 4.78 is 0. The molecule has 5 nitrogen and oxygen atoms in total. The van der Waals surface area contributed by atoms with Gasteiger partial charge in [0.2, 0.25) is 5.91 Å². The molecule has 0 spiro atoms. The number of anilines is 1. The third kappa shape index (κ3) is 4.28. The minimum Gasteiger partial charge on any atom is -0.480 e. The summed E-state index contributed by atoms with van der Waals surface area (Å²) in [4.78, 5) is 22.8. The van der Waals surface area contributed by atoms with Crippen molar-refractivity contribution < 1.29 is 14.7 Å². The molecular weight excluding hydrogens is 244 g/mol. The molecule has 1 amide bonds. The van der Waals surface area contributed by atoms with Gasteiger partial charge in [0.1, 0.15) is 5.54 Å². The number of nitrogens with one attached hydrogen (secondary N) is 1. The van der Waals surface area contributed by atoms with Gasteiger partial charge in [-0.3, -0.25) is 4.79 Å². The molecule has 5 heteroatoms. The summed E-state index contributed by atoms with van der Waals surface area (Å²) >= 11 is 0. The Morgan fingerprint density at radius 3 is 2.63 bits per heavy atom. The number of carboxylic acid groups (broad SMARTS) is 1. The fourth-order valence-corrected chi connectivity index (χ4v) is 1.67. The van der Waals surface area contributed by atoms with Gasteiger partial charge < -0.3 is 16.2 Å². The van der Waals surface area contributed by atoms with E-state index in [0.717, 1.165) is 5.56 Å². The van der Waals surface area contributed by atoms with Gasteiger partial charge in [-0.05, 0) is 37.5 Å². The molecule has 0 fully saturated rings. The first-order chi connectivity index (χ1) is 8.87. The number of nitrogens with two attached hydrogens (primary N) is 1. The van der Waals surface area contributed by atoms with Gasteiger partial charge in [0.05, 0.1) is 0 Å². The first kappa shape index (κ1) is 15.0. The Balaban J connectivity index is 2.54. The van der Waals surface area contributed by atoms with Crippen LogP contribution in [0.1, 0.15) is 32.3 Å².